The predicted molar refractivity (Wildman–Crippen MR) is 75.0 cm³/mol. The van der Waals surface area contributed by atoms with E-state index in [1.807, 2.05) is 18.3 Å². The van der Waals surface area contributed by atoms with Crippen LogP contribution >= 0.6 is 0 Å². The van der Waals surface area contributed by atoms with Crippen molar-refractivity contribution in [3.8, 4) is 0 Å². The van der Waals surface area contributed by atoms with E-state index in [2.05, 4.69) is 29.2 Å². The van der Waals surface area contributed by atoms with Gasteiger partial charge in [0.1, 0.15) is 0 Å². The van der Waals surface area contributed by atoms with Gasteiger partial charge in [0.25, 0.3) is 0 Å². The van der Waals surface area contributed by atoms with Gasteiger partial charge in [-0.1, -0.05) is 20.3 Å². The summed E-state index contributed by atoms with van der Waals surface area (Å²) in [5, 5.41) is 0. The number of piperidine rings is 1. The number of hydrogen-bond donors (Lipinski definition) is 2. The van der Waals surface area contributed by atoms with Crippen LogP contribution in [0.5, 0.6) is 0 Å². The molecule has 1 fully saturated rings. The molecule has 0 saturated carbocycles. The quantitative estimate of drug-likeness (QED) is 0.634. The molecule has 1 aromatic heterocycles. The van der Waals surface area contributed by atoms with Crippen LogP contribution in [0.15, 0.2) is 18.3 Å². The number of rotatable bonds is 4. The third-order valence-electron chi connectivity index (χ3n) is 4.29. The standard InChI is InChI=1S/C14H24N4/c1-3-14(2)5-8-18(9-6-14)11-13-10-12(17-15)4-7-16-13/h4,7,10H,3,5-6,8-9,11,15H2,1-2H3,(H,16,17). The predicted octanol–water partition coefficient (Wildman–Crippen LogP) is 2.38. The Balaban J connectivity index is 1.91. The lowest BCUT2D eigenvalue weighted by Crippen LogP contribution is -2.38. The van der Waals surface area contributed by atoms with E-state index in [0.29, 0.717) is 5.41 Å². The highest BCUT2D eigenvalue weighted by Crippen LogP contribution is 2.34. The van der Waals surface area contributed by atoms with Crippen molar-refractivity contribution >= 4 is 5.69 Å². The van der Waals surface area contributed by atoms with E-state index >= 15 is 0 Å². The molecule has 0 atom stereocenters. The third-order valence-corrected chi connectivity index (χ3v) is 4.29. The summed E-state index contributed by atoms with van der Waals surface area (Å²) in [6.07, 6.45) is 5.67. The van der Waals surface area contributed by atoms with Crippen LogP contribution in [0.3, 0.4) is 0 Å². The van der Waals surface area contributed by atoms with E-state index in [4.69, 9.17) is 5.84 Å². The average Bonchev–Trinajstić information content (AvgIpc) is 2.42. The maximum atomic E-state index is 5.41. The van der Waals surface area contributed by atoms with Crippen LogP contribution in [0.4, 0.5) is 5.69 Å². The van der Waals surface area contributed by atoms with Gasteiger partial charge >= 0.3 is 0 Å². The number of likely N-dealkylation sites (tertiary alicyclic amines) is 1. The minimum absolute atomic E-state index is 0.546. The molecule has 0 amide bonds. The summed E-state index contributed by atoms with van der Waals surface area (Å²) in [5.74, 6) is 5.41. The molecule has 1 aliphatic rings. The summed E-state index contributed by atoms with van der Waals surface area (Å²) < 4.78 is 0. The topological polar surface area (TPSA) is 54.2 Å². The highest BCUT2D eigenvalue weighted by atomic mass is 15.2. The normalized spacial score (nSPS) is 19.7. The van der Waals surface area contributed by atoms with E-state index in [0.717, 1.165) is 17.9 Å². The summed E-state index contributed by atoms with van der Waals surface area (Å²) in [7, 11) is 0. The minimum atomic E-state index is 0.546. The summed E-state index contributed by atoms with van der Waals surface area (Å²) >= 11 is 0. The van der Waals surface area contributed by atoms with Crippen LogP contribution in [-0.2, 0) is 6.54 Å². The molecule has 100 valence electrons. The molecule has 2 heterocycles. The molecule has 0 aliphatic carbocycles. The first-order valence-electron chi connectivity index (χ1n) is 6.79. The summed E-state index contributed by atoms with van der Waals surface area (Å²) in [6.45, 7) is 7.98. The Kier molecular flexibility index (Phi) is 4.19. The largest absolute Gasteiger partial charge is 0.324 e. The highest BCUT2D eigenvalue weighted by Gasteiger charge is 2.28. The maximum Gasteiger partial charge on any atom is 0.0564 e. The van der Waals surface area contributed by atoms with Gasteiger partial charge in [0.15, 0.2) is 0 Å². The van der Waals surface area contributed by atoms with Crippen LogP contribution in [-0.4, -0.2) is 23.0 Å². The van der Waals surface area contributed by atoms with Crippen molar-refractivity contribution in [3.05, 3.63) is 24.0 Å². The van der Waals surface area contributed by atoms with Gasteiger partial charge in [0, 0.05) is 12.7 Å². The molecule has 0 bridgehead atoms. The third kappa shape index (κ3) is 3.21. The molecule has 3 N–H and O–H groups in total. The molecular formula is C14H24N4. The van der Waals surface area contributed by atoms with Gasteiger partial charge < -0.3 is 5.43 Å². The number of nitrogens with two attached hydrogens (primary N) is 1. The Labute approximate surface area is 110 Å². The van der Waals surface area contributed by atoms with Gasteiger partial charge in [-0.05, 0) is 43.5 Å². The Morgan fingerprint density at radius 3 is 2.78 bits per heavy atom. The van der Waals surface area contributed by atoms with Gasteiger partial charge in [-0.25, -0.2) is 0 Å². The van der Waals surface area contributed by atoms with Gasteiger partial charge in [-0.3, -0.25) is 15.7 Å². The van der Waals surface area contributed by atoms with E-state index in [1.54, 1.807) is 0 Å². The van der Waals surface area contributed by atoms with Crippen molar-refractivity contribution in [1.29, 1.82) is 0 Å². The summed E-state index contributed by atoms with van der Waals surface area (Å²) in [6, 6.07) is 3.90. The fraction of sp³-hybridized carbons (Fsp3) is 0.643. The van der Waals surface area contributed by atoms with Crippen molar-refractivity contribution in [1.82, 2.24) is 9.88 Å². The van der Waals surface area contributed by atoms with Gasteiger partial charge in [-0.15, -0.1) is 0 Å². The zero-order chi connectivity index (χ0) is 13.0. The van der Waals surface area contributed by atoms with Crippen LogP contribution in [0.1, 0.15) is 38.8 Å². The Bertz CT molecular complexity index is 383. The lowest BCUT2D eigenvalue weighted by Gasteiger charge is -2.38. The first-order chi connectivity index (χ1) is 8.65. The zero-order valence-corrected chi connectivity index (χ0v) is 11.4. The molecule has 0 aromatic carbocycles. The number of nitrogen functional groups attached to an aromatic ring is 1. The first-order valence-corrected chi connectivity index (χ1v) is 6.79. The average molecular weight is 248 g/mol. The van der Waals surface area contributed by atoms with Gasteiger partial charge in [0.05, 0.1) is 11.4 Å². The zero-order valence-electron chi connectivity index (χ0n) is 11.4. The lowest BCUT2D eigenvalue weighted by atomic mass is 9.78. The molecule has 4 heteroatoms. The number of pyridine rings is 1. The molecule has 0 radical (unpaired) electrons. The Hall–Kier alpha value is -1.13. The molecule has 18 heavy (non-hydrogen) atoms. The van der Waals surface area contributed by atoms with Crippen molar-refractivity contribution in [3.63, 3.8) is 0 Å². The summed E-state index contributed by atoms with van der Waals surface area (Å²) in [4.78, 5) is 6.89. The van der Waals surface area contributed by atoms with E-state index < -0.39 is 0 Å². The Morgan fingerprint density at radius 1 is 1.44 bits per heavy atom. The molecule has 1 aliphatic heterocycles. The molecule has 0 unspecified atom stereocenters. The lowest BCUT2D eigenvalue weighted by molar-refractivity contribution is 0.109. The van der Waals surface area contributed by atoms with Crippen molar-refractivity contribution in [2.75, 3.05) is 18.5 Å². The van der Waals surface area contributed by atoms with Crippen LogP contribution in [0, 0.1) is 5.41 Å². The van der Waals surface area contributed by atoms with Crippen molar-refractivity contribution in [2.45, 2.75) is 39.7 Å². The second-order valence-electron chi connectivity index (χ2n) is 5.62. The first kappa shape index (κ1) is 13.3. The molecule has 4 nitrogen and oxygen atoms in total. The van der Waals surface area contributed by atoms with Crippen molar-refractivity contribution in [2.24, 2.45) is 11.3 Å². The van der Waals surface area contributed by atoms with Crippen LogP contribution in [0.2, 0.25) is 0 Å². The van der Waals surface area contributed by atoms with Crippen LogP contribution in [0.25, 0.3) is 0 Å². The maximum absolute atomic E-state index is 5.41. The molecule has 0 spiro atoms. The van der Waals surface area contributed by atoms with E-state index in [-0.39, 0.29) is 0 Å². The van der Waals surface area contributed by atoms with Gasteiger partial charge in [0.2, 0.25) is 0 Å². The fourth-order valence-corrected chi connectivity index (χ4v) is 2.49. The highest BCUT2D eigenvalue weighted by molar-refractivity contribution is 5.41. The van der Waals surface area contributed by atoms with Gasteiger partial charge in [-0.2, -0.15) is 0 Å². The number of hydrogen-bond acceptors (Lipinski definition) is 4. The number of anilines is 1. The second kappa shape index (κ2) is 5.67. The SMILES string of the molecule is CCC1(C)CCN(Cc2cc(NN)ccn2)CC1. The molecular weight excluding hydrogens is 224 g/mol. The molecule has 2 rings (SSSR count). The molecule has 1 aromatic rings. The Morgan fingerprint density at radius 2 is 2.17 bits per heavy atom. The number of nitrogens with one attached hydrogen (secondary N) is 1. The number of hydrazine groups is 1. The summed E-state index contributed by atoms with van der Waals surface area (Å²) in [5.41, 5.74) is 5.23. The van der Waals surface area contributed by atoms with Crippen molar-refractivity contribution < 1.29 is 0 Å². The van der Waals surface area contributed by atoms with E-state index in [1.165, 1.54) is 32.4 Å². The number of nitrogens with zero attached hydrogens (tertiary/aromatic N) is 2. The second-order valence-corrected chi connectivity index (χ2v) is 5.62. The fourth-order valence-electron chi connectivity index (χ4n) is 2.49. The smallest absolute Gasteiger partial charge is 0.0564 e. The molecule has 1 saturated heterocycles. The minimum Gasteiger partial charge on any atom is -0.324 e. The number of aromatic nitrogens is 1. The van der Waals surface area contributed by atoms with Crippen LogP contribution < -0.4 is 11.3 Å². The monoisotopic (exact) mass is 248 g/mol. The van der Waals surface area contributed by atoms with E-state index in [9.17, 15) is 0 Å².